The Kier molecular flexibility index (Phi) is 7.40. The lowest BCUT2D eigenvalue weighted by atomic mass is 9.44. The van der Waals surface area contributed by atoms with Crippen LogP contribution in [-0.4, -0.2) is 60.4 Å². The van der Waals surface area contributed by atoms with Crippen molar-refractivity contribution in [3.63, 3.8) is 0 Å². The van der Waals surface area contributed by atoms with Crippen molar-refractivity contribution in [1.29, 1.82) is 0 Å². The molecule has 6 nitrogen and oxygen atoms in total. The van der Waals surface area contributed by atoms with Crippen molar-refractivity contribution in [1.82, 2.24) is 0 Å². The number of hydrogen-bond acceptors (Lipinski definition) is 4. The molecule has 1 N–H and O–H groups in total. The maximum absolute atomic E-state index is 14.2. The summed E-state index contributed by atoms with van der Waals surface area (Å²) < 4.78 is 55.9. The summed E-state index contributed by atoms with van der Waals surface area (Å²) in [6.45, 7) is 3.17. The minimum Gasteiger partial charge on any atom is -0.426 e. The predicted molar refractivity (Wildman–Crippen MR) is 168 cm³/mol. The summed E-state index contributed by atoms with van der Waals surface area (Å²) in [7, 11) is 2.31. The Hall–Kier alpha value is -3.95. The highest BCUT2D eigenvalue weighted by Gasteiger charge is 2.79. The van der Waals surface area contributed by atoms with Gasteiger partial charge in [0.15, 0.2) is 0 Å². The summed E-state index contributed by atoms with van der Waals surface area (Å²) >= 11 is 0. The average molecular weight is 632 g/mol. The summed E-state index contributed by atoms with van der Waals surface area (Å²) in [5.74, 6) is -1.51. The number of carbonyl (C=O) groups is 2. The Morgan fingerprint density at radius 2 is 1.78 bits per heavy atom. The lowest BCUT2D eigenvalue weighted by Gasteiger charge is -2.76. The van der Waals surface area contributed by atoms with Gasteiger partial charge in [-0.1, -0.05) is 60.7 Å². The number of amides is 1. The largest absolute Gasteiger partial charge is 0.426 e. The first-order valence-corrected chi connectivity index (χ1v) is 16.0. The van der Waals surface area contributed by atoms with Crippen LogP contribution in [0.4, 0.5) is 18.9 Å². The van der Waals surface area contributed by atoms with Crippen LogP contribution in [-0.2, 0) is 32.6 Å². The van der Waals surface area contributed by atoms with Crippen molar-refractivity contribution < 1.29 is 36.7 Å². The van der Waals surface area contributed by atoms with E-state index in [1.807, 2.05) is 12.1 Å². The molecule has 1 amide bonds. The molecule has 3 aromatic rings. The third kappa shape index (κ3) is 4.86. The number of benzene rings is 3. The number of likely N-dealkylation sites (N-methyl/N-ethyl adjacent to an activating group) is 1. The third-order valence-electron chi connectivity index (χ3n) is 11.0. The fraction of sp³-hybridized carbons (Fsp3) is 0.405. The molecule has 3 aromatic carbocycles. The van der Waals surface area contributed by atoms with Gasteiger partial charge in [-0.15, -0.1) is 0 Å². The summed E-state index contributed by atoms with van der Waals surface area (Å²) in [5, 5.41) is 2.52. The molecule has 2 unspecified atom stereocenters. The van der Waals surface area contributed by atoms with E-state index in [4.69, 9.17) is 9.47 Å². The van der Waals surface area contributed by atoms with Crippen LogP contribution in [0.5, 0.6) is 5.75 Å². The number of esters is 1. The normalized spacial score (nSPS) is 29.5. The molecule has 4 bridgehead atoms. The molecule has 4 aliphatic rings. The van der Waals surface area contributed by atoms with Gasteiger partial charge in [-0.3, -0.25) is 9.59 Å². The van der Waals surface area contributed by atoms with Crippen LogP contribution in [0.15, 0.2) is 78.4 Å². The molecule has 3 heterocycles. The number of nitrogens with zero attached hydrogens (tertiary/aromatic N) is 1. The van der Waals surface area contributed by atoms with Crippen LogP contribution in [0.3, 0.4) is 0 Å². The Bertz CT molecular complexity index is 1700. The van der Waals surface area contributed by atoms with Gasteiger partial charge >= 0.3 is 12.1 Å². The van der Waals surface area contributed by atoms with Crippen LogP contribution < -0.4 is 10.1 Å². The van der Waals surface area contributed by atoms with Gasteiger partial charge in [0.05, 0.1) is 31.7 Å². The van der Waals surface area contributed by atoms with Crippen molar-refractivity contribution in [3.05, 3.63) is 101 Å². The van der Waals surface area contributed by atoms with Crippen LogP contribution >= 0.6 is 0 Å². The van der Waals surface area contributed by atoms with Gasteiger partial charge < -0.3 is 19.3 Å². The van der Waals surface area contributed by atoms with E-state index in [-0.39, 0.29) is 28.8 Å². The van der Waals surface area contributed by atoms with Gasteiger partial charge in [-0.25, -0.2) is 0 Å². The summed E-state index contributed by atoms with van der Waals surface area (Å²) in [4.78, 5) is 25.6. The minimum absolute atomic E-state index is 0.0366. The highest BCUT2D eigenvalue weighted by Crippen LogP contribution is 2.69. The molecule has 3 fully saturated rings. The second-order valence-corrected chi connectivity index (χ2v) is 13.5. The average Bonchev–Trinajstić information content (AvgIpc) is 3.01. The van der Waals surface area contributed by atoms with Gasteiger partial charge in [0, 0.05) is 43.5 Å². The number of rotatable bonds is 7. The monoisotopic (exact) mass is 631 g/mol. The molecule has 46 heavy (non-hydrogen) atoms. The van der Waals surface area contributed by atoms with E-state index in [1.165, 1.54) is 30.7 Å². The summed E-state index contributed by atoms with van der Waals surface area (Å²) in [5.41, 5.74) is 1.44. The molecule has 3 aliphatic heterocycles. The second-order valence-electron chi connectivity index (χ2n) is 13.5. The van der Waals surface area contributed by atoms with E-state index in [9.17, 15) is 22.8 Å². The zero-order valence-electron chi connectivity index (χ0n) is 26.0. The van der Waals surface area contributed by atoms with E-state index in [2.05, 4.69) is 36.6 Å². The molecule has 5 atom stereocenters. The van der Waals surface area contributed by atoms with Crippen molar-refractivity contribution in [2.45, 2.75) is 74.8 Å². The zero-order chi connectivity index (χ0) is 32.3. The van der Waals surface area contributed by atoms with Crippen LogP contribution in [0, 0.1) is 0 Å². The predicted octanol–water partition coefficient (Wildman–Crippen LogP) is 6.77. The number of ether oxygens (including phenoxy) is 2. The summed E-state index contributed by atoms with van der Waals surface area (Å²) in [6.07, 6.45) is 1.12. The van der Waals surface area contributed by atoms with Crippen molar-refractivity contribution in [2.24, 2.45) is 0 Å². The number of fused-ring (bicyclic) bond motifs is 2. The molecular weight excluding hydrogens is 593 g/mol. The van der Waals surface area contributed by atoms with Gasteiger partial charge in [0.25, 0.3) is 5.91 Å². The Labute approximate surface area is 266 Å². The Morgan fingerprint density at radius 1 is 1.07 bits per heavy atom. The first-order valence-electron chi connectivity index (χ1n) is 16.0. The number of alkyl halides is 3. The van der Waals surface area contributed by atoms with Crippen molar-refractivity contribution >= 4 is 23.6 Å². The fourth-order valence-electron chi connectivity index (χ4n) is 8.99. The van der Waals surface area contributed by atoms with Gasteiger partial charge in [0.2, 0.25) is 0 Å². The lowest BCUT2D eigenvalue weighted by Crippen LogP contribution is -2.88. The summed E-state index contributed by atoms with van der Waals surface area (Å²) in [6, 6.07) is 21.8. The standard InChI is InChI=1S/C37H37F3N2O4/c1-24(43)45-31-22-27(41-34(44)30(37(38,39)40)20-26-12-7-4-8-13-26)21-29-28(31)23-32-36-16-9-14-33(46-36)35(29,36)17-19-42(32,2)18-15-25-10-5-3-6-11-25/h3-8,10-13,20-22,32-33H,9,14-19,23H2,1-2H3/p+1/t32-,33-,35+,36?,42?/m1/s1. The number of carbonyl (C=O) groups excluding carboxylic acids is 2. The van der Waals surface area contributed by atoms with E-state index >= 15 is 0 Å². The van der Waals surface area contributed by atoms with Gasteiger partial charge in [-0.2, -0.15) is 13.2 Å². The maximum Gasteiger partial charge on any atom is 0.421 e. The number of halogens is 3. The molecular formula is C37H38F3N2O4+. The number of piperidine rings is 1. The molecule has 1 aliphatic carbocycles. The van der Waals surface area contributed by atoms with Gasteiger partial charge in [-0.05, 0) is 48.1 Å². The van der Waals surface area contributed by atoms with E-state index < -0.39 is 29.2 Å². The van der Waals surface area contributed by atoms with Crippen LogP contribution in [0.25, 0.3) is 6.08 Å². The lowest BCUT2D eigenvalue weighted by molar-refractivity contribution is -0.953. The Balaban J connectivity index is 1.29. The zero-order valence-corrected chi connectivity index (χ0v) is 26.0. The van der Waals surface area contributed by atoms with E-state index in [1.54, 1.807) is 18.2 Å². The Morgan fingerprint density at radius 3 is 2.46 bits per heavy atom. The fourth-order valence-corrected chi connectivity index (χ4v) is 8.99. The van der Waals surface area contributed by atoms with Crippen LogP contribution in [0.1, 0.15) is 54.9 Å². The molecule has 9 heteroatoms. The number of likely N-dealkylation sites (tertiary alicyclic amines) is 1. The number of hydrogen-bond donors (Lipinski definition) is 1. The smallest absolute Gasteiger partial charge is 0.421 e. The van der Waals surface area contributed by atoms with E-state index in [0.717, 1.165) is 66.9 Å². The number of anilines is 1. The topological polar surface area (TPSA) is 64.6 Å². The third-order valence-corrected chi connectivity index (χ3v) is 11.0. The van der Waals surface area contributed by atoms with Crippen molar-refractivity contribution in [3.8, 4) is 5.75 Å². The molecule has 0 radical (unpaired) electrons. The van der Waals surface area contributed by atoms with E-state index in [0.29, 0.717) is 12.2 Å². The quantitative estimate of drug-likeness (QED) is 0.135. The first-order chi connectivity index (χ1) is 21.9. The van der Waals surface area contributed by atoms with Crippen LogP contribution in [0.2, 0.25) is 0 Å². The number of quaternary nitrogens is 1. The minimum atomic E-state index is -4.88. The highest BCUT2D eigenvalue weighted by molar-refractivity contribution is 6.08. The molecule has 0 aromatic heterocycles. The van der Waals surface area contributed by atoms with Crippen molar-refractivity contribution in [2.75, 3.05) is 25.5 Å². The molecule has 240 valence electrons. The number of nitrogens with one attached hydrogen (secondary N) is 1. The van der Waals surface area contributed by atoms with Gasteiger partial charge in [0.1, 0.15) is 23.0 Å². The molecule has 3 saturated heterocycles. The molecule has 1 spiro atoms. The SMILES string of the molecule is CC(=O)Oc1cc(NC(=O)C(=Cc2ccccc2)C(F)(F)F)cc2c1C[C@@H]1C34CCC[C@@H](O3)[C@]24CC[N+]1(C)CCc1ccccc1. The maximum atomic E-state index is 14.2. The first kappa shape index (κ1) is 30.7. The second kappa shape index (κ2) is 11.1. The molecule has 7 rings (SSSR count). The molecule has 0 saturated carbocycles. The highest BCUT2D eigenvalue weighted by atomic mass is 19.4.